The number of rotatable bonds is 15. The van der Waals surface area contributed by atoms with Crippen molar-refractivity contribution in [3.8, 4) is 0 Å². The van der Waals surface area contributed by atoms with Gasteiger partial charge < -0.3 is 20.4 Å². The summed E-state index contributed by atoms with van der Waals surface area (Å²) in [5.74, 6) is 3.95. The van der Waals surface area contributed by atoms with Gasteiger partial charge in [0.2, 0.25) is 0 Å². The van der Waals surface area contributed by atoms with Crippen LogP contribution in [-0.4, -0.2) is 288 Å². The van der Waals surface area contributed by atoms with Gasteiger partial charge in [0.05, 0.1) is 24.4 Å². The minimum absolute atomic E-state index is 0.0342. The third kappa shape index (κ3) is 20.4. The molecule has 0 aromatic heterocycles. The van der Waals surface area contributed by atoms with E-state index in [2.05, 4.69) is 118 Å². The fraction of sp³-hybridized carbons (Fsp3) is 1.00. The van der Waals surface area contributed by atoms with E-state index in [9.17, 15) is 15.3 Å². The zero-order chi connectivity index (χ0) is 51.2. The van der Waals surface area contributed by atoms with E-state index in [0.717, 1.165) is 131 Å². The van der Waals surface area contributed by atoms with E-state index in [1.54, 1.807) is 0 Å². The Hall–Kier alpha value is -0.560. The first-order valence-corrected chi connectivity index (χ1v) is 29.9. The number of hydrogen-bond acceptors (Lipinski definition) is 14. The van der Waals surface area contributed by atoms with Crippen molar-refractivity contribution in [2.45, 2.75) is 175 Å². The third-order valence-electron chi connectivity index (χ3n) is 16.8. The van der Waals surface area contributed by atoms with Gasteiger partial charge in [0.1, 0.15) is 0 Å². The van der Waals surface area contributed by atoms with E-state index in [1.807, 2.05) is 0 Å². The quantitative estimate of drug-likeness (QED) is 0.191. The van der Waals surface area contributed by atoms with Crippen molar-refractivity contribution in [2.24, 2.45) is 29.6 Å². The fourth-order valence-electron chi connectivity index (χ4n) is 12.9. The molecule has 10 aliphatic rings. The Balaban J connectivity index is 0.000000145. The molecule has 0 aliphatic carbocycles. The van der Waals surface area contributed by atoms with Crippen molar-refractivity contribution in [3.63, 3.8) is 0 Å². The number of nitrogens with zero attached hydrogens (tertiary/aromatic N) is 10. The van der Waals surface area contributed by atoms with Gasteiger partial charge in [0, 0.05) is 174 Å². The average Bonchev–Trinajstić information content (AvgIpc) is 3.66. The zero-order valence-electron chi connectivity index (χ0n) is 47.7. The lowest BCUT2D eigenvalue weighted by atomic mass is 10.00. The van der Waals surface area contributed by atoms with Crippen molar-refractivity contribution < 1.29 is 20.4 Å². The second-order valence-corrected chi connectivity index (χ2v) is 26.5. The number of hydrogen-bond donors (Lipinski definition) is 4. The number of aliphatic hydroxyl groups excluding tert-OH is 4. The van der Waals surface area contributed by atoms with Crippen molar-refractivity contribution in [3.05, 3.63) is 0 Å². The van der Waals surface area contributed by atoms with Gasteiger partial charge in [0.25, 0.3) is 0 Å². The van der Waals surface area contributed by atoms with Crippen LogP contribution in [0.2, 0.25) is 0 Å². The number of β-amino-alcohol motifs (C(OH)–C–C–N with tert-alkyl or cyclic N) is 3. The second-order valence-electron chi connectivity index (χ2n) is 26.5. The van der Waals surface area contributed by atoms with Crippen LogP contribution in [-0.2, 0) is 0 Å². The van der Waals surface area contributed by atoms with E-state index in [4.69, 9.17) is 5.11 Å². The Labute approximate surface area is 436 Å². The van der Waals surface area contributed by atoms with E-state index in [0.29, 0.717) is 0 Å². The molecule has 10 rings (SSSR count). The maximum absolute atomic E-state index is 9.60. The van der Waals surface area contributed by atoms with Gasteiger partial charge in [-0.3, -0.25) is 49.0 Å². The Morgan fingerprint density at radius 1 is 0.268 bits per heavy atom. The highest BCUT2D eigenvalue weighted by Crippen LogP contribution is 2.25. The third-order valence-corrected chi connectivity index (χ3v) is 16.8. The molecule has 416 valence electrons. The van der Waals surface area contributed by atoms with E-state index < -0.39 is 0 Å². The van der Waals surface area contributed by atoms with Crippen molar-refractivity contribution in [1.82, 2.24) is 49.0 Å². The summed E-state index contributed by atoms with van der Waals surface area (Å²) in [6.45, 7) is 52.3. The van der Waals surface area contributed by atoms with E-state index >= 15 is 0 Å². The first-order chi connectivity index (χ1) is 33.8. The smallest absolute Gasteiger partial charge is 0.0794 e. The molecule has 0 radical (unpaired) electrons. The summed E-state index contributed by atoms with van der Waals surface area (Å²) < 4.78 is 0. The van der Waals surface area contributed by atoms with Crippen LogP contribution in [0.15, 0.2) is 0 Å². The number of aliphatic hydroxyl groups is 4. The second kappa shape index (κ2) is 29.8. The predicted octanol–water partition coefficient (Wildman–Crippen LogP) is 3.78. The molecule has 0 aromatic rings. The van der Waals surface area contributed by atoms with Crippen LogP contribution in [0.25, 0.3) is 0 Å². The van der Waals surface area contributed by atoms with Gasteiger partial charge in [-0.25, -0.2) is 0 Å². The molecule has 71 heavy (non-hydrogen) atoms. The maximum Gasteiger partial charge on any atom is 0.0794 e. The topological polar surface area (TPSA) is 113 Å². The fourth-order valence-corrected chi connectivity index (χ4v) is 12.9. The molecule has 0 spiro atoms. The molecular formula is C57H114N10O4. The number of likely N-dealkylation sites (tertiary alicyclic amines) is 10. The molecule has 0 aromatic carbocycles. The predicted molar refractivity (Wildman–Crippen MR) is 294 cm³/mol. The first kappa shape index (κ1) is 59.7. The molecule has 2 unspecified atom stereocenters. The van der Waals surface area contributed by atoms with Gasteiger partial charge >= 0.3 is 0 Å². The largest absolute Gasteiger partial charge is 0.393 e. The standard InChI is InChI=1S/2C12H24N2O.C12H24N2.C11H22N2O.C10H20N2O/c1-10(2)7-13-8-11(9-13)14-5-3-12(15)4-6-14;1-10(2)6-13-7-11(8-13)14-5-3-4-12(15)9-14;1-11(2)8-13-9-12(10-13)14-6-4-3-5-7-14;1-9(2)5-12-6-10(7-12)13-4-3-11(14)8-13;1-8(2)3-11-4-9(5-11)12-6-10(13)7-12/h2*10-12,15H,3-9H2,1-2H3;11-12H,3-10H2,1-2H3;9-11,14H,3-8H2,1-2H3;8-10,13H,3-7H2,1-2H3. The lowest BCUT2D eigenvalue weighted by molar-refractivity contribution is -0.0722. The molecule has 2 atom stereocenters. The van der Waals surface area contributed by atoms with Gasteiger partial charge in [0.15, 0.2) is 0 Å². The van der Waals surface area contributed by atoms with E-state index in [-0.39, 0.29) is 24.4 Å². The molecule has 10 aliphatic heterocycles. The Bertz CT molecular complexity index is 1390. The SMILES string of the molecule is CC(C)CN1CC(N2CC(O)C2)C1.CC(C)CN1CC(N2CCC(O)C2)C1.CC(C)CN1CC(N2CCC(O)CC2)C1.CC(C)CN1CC(N2CCCC(O)C2)C1.CC(C)CN1CC(N2CCCCC2)C1. The molecule has 0 saturated carbocycles. The lowest BCUT2D eigenvalue weighted by Gasteiger charge is -2.51. The normalized spacial score (nSPS) is 28.8. The average molecular weight is 1000 g/mol. The highest BCUT2D eigenvalue weighted by atomic mass is 16.3. The summed E-state index contributed by atoms with van der Waals surface area (Å²) >= 11 is 0. The summed E-state index contributed by atoms with van der Waals surface area (Å²) in [5, 5.41) is 37.6. The summed E-state index contributed by atoms with van der Waals surface area (Å²) in [5.41, 5.74) is 0. The minimum atomic E-state index is -0.0714. The molecule has 4 N–H and O–H groups in total. The van der Waals surface area contributed by atoms with Crippen LogP contribution in [0.5, 0.6) is 0 Å². The monoisotopic (exact) mass is 1000 g/mol. The van der Waals surface area contributed by atoms with E-state index in [1.165, 1.54) is 143 Å². The van der Waals surface area contributed by atoms with Gasteiger partial charge in [-0.2, -0.15) is 0 Å². The van der Waals surface area contributed by atoms with Crippen molar-refractivity contribution >= 4 is 0 Å². The molecule has 0 bridgehead atoms. The molecule has 10 saturated heterocycles. The van der Waals surface area contributed by atoms with Gasteiger partial charge in [-0.1, -0.05) is 75.7 Å². The van der Waals surface area contributed by atoms with Crippen LogP contribution in [0.3, 0.4) is 0 Å². The van der Waals surface area contributed by atoms with Crippen LogP contribution >= 0.6 is 0 Å². The highest BCUT2D eigenvalue weighted by molar-refractivity contribution is 4.96. The zero-order valence-corrected chi connectivity index (χ0v) is 47.7. The van der Waals surface area contributed by atoms with Gasteiger partial charge in [-0.15, -0.1) is 0 Å². The molecule has 10 fully saturated rings. The van der Waals surface area contributed by atoms with Crippen molar-refractivity contribution in [2.75, 3.05) is 164 Å². The molecular weight excluding hydrogens is 889 g/mol. The Morgan fingerprint density at radius 2 is 0.535 bits per heavy atom. The maximum atomic E-state index is 9.60. The van der Waals surface area contributed by atoms with Crippen LogP contribution in [0, 0.1) is 29.6 Å². The van der Waals surface area contributed by atoms with Crippen LogP contribution < -0.4 is 0 Å². The number of piperidine rings is 3. The van der Waals surface area contributed by atoms with Gasteiger partial charge in [-0.05, 0) is 94.2 Å². The summed E-state index contributed by atoms with van der Waals surface area (Å²) in [7, 11) is 0. The van der Waals surface area contributed by atoms with Crippen LogP contribution in [0.4, 0.5) is 0 Å². The highest BCUT2D eigenvalue weighted by Gasteiger charge is 2.39. The lowest BCUT2D eigenvalue weighted by Crippen LogP contribution is -2.66. The summed E-state index contributed by atoms with van der Waals surface area (Å²) in [6, 6.07) is 3.86. The summed E-state index contributed by atoms with van der Waals surface area (Å²) in [4.78, 5) is 25.3. The molecule has 10 heterocycles. The minimum Gasteiger partial charge on any atom is -0.393 e. The summed E-state index contributed by atoms with van der Waals surface area (Å²) in [6.07, 6.45) is 9.20. The molecule has 0 amide bonds. The molecule has 14 nitrogen and oxygen atoms in total. The Morgan fingerprint density at radius 3 is 0.873 bits per heavy atom. The first-order valence-electron chi connectivity index (χ1n) is 29.9. The van der Waals surface area contributed by atoms with Crippen molar-refractivity contribution in [1.29, 1.82) is 0 Å². The molecule has 14 heteroatoms. The Kier molecular flexibility index (Phi) is 25.1. The van der Waals surface area contributed by atoms with Crippen LogP contribution in [0.1, 0.15) is 121 Å².